The van der Waals surface area contributed by atoms with E-state index in [1.165, 1.54) is 0 Å². The first-order valence-electron chi connectivity index (χ1n) is 7.15. The molecule has 0 aromatic carbocycles. The first-order chi connectivity index (χ1) is 9.04. The fourth-order valence-electron chi connectivity index (χ4n) is 3.07. The summed E-state index contributed by atoms with van der Waals surface area (Å²) < 4.78 is 5.24. The van der Waals surface area contributed by atoms with Gasteiger partial charge in [0.2, 0.25) is 5.91 Å². The van der Waals surface area contributed by atoms with Crippen LogP contribution in [0.1, 0.15) is 45.4 Å². The van der Waals surface area contributed by atoms with Crippen LogP contribution in [0.15, 0.2) is 0 Å². The molecule has 1 heterocycles. The number of ether oxygens (including phenoxy) is 1. The van der Waals surface area contributed by atoms with Gasteiger partial charge in [-0.05, 0) is 32.6 Å². The van der Waals surface area contributed by atoms with Gasteiger partial charge in [0, 0.05) is 25.2 Å². The number of carboxylic acid groups (broad SMARTS) is 1. The van der Waals surface area contributed by atoms with Crippen LogP contribution in [0.5, 0.6) is 0 Å². The van der Waals surface area contributed by atoms with Gasteiger partial charge in [0.15, 0.2) is 0 Å². The lowest BCUT2D eigenvalue weighted by molar-refractivity contribution is -0.152. The van der Waals surface area contributed by atoms with E-state index in [4.69, 9.17) is 4.74 Å². The van der Waals surface area contributed by atoms with E-state index in [0.29, 0.717) is 19.6 Å². The number of rotatable bonds is 3. The molecule has 0 aromatic rings. The van der Waals surface area contributed by atoms with Crippen molar-refractivity contribution in [3.63, 3.8) is 0 Å². The van der Waals surface area contributed by atoms with Gasteiger partial charge in [0.05, 0.1) is 5.41 Å². The Labute approximate surface area is 113 Å². The molecular formula is C14H23NO4. The minimum absolute atomic E-state index is 0.00248. The molecule has 19 heavy (non-hydrogen) atoms. The first-order valence-corrected chi connectivity index (χ1v) is 7.15. The molecule has 0 radical (unpaired) electrons. The quantitative estimate of drug-likeness (QED) is 0.815. The van der Waals surface area contributed by atoms with E-state index < -0.39 is 11.4 Å². The molecule has 1 saturated carbocycles. The Morgan fingerprint density at radius 3 is 2.53 bits per heavy atom. The van der Waals surface area contributed by atoms with Crippen LogP contribution in [-0.2, 0) is 14.3 Å². The van der Waals surface area contributed by atoms with Crippen molar-refractivity contribution in [3.8, 4) is 0 Å². The fraction of sp³-hybridized carbons (Fsp3) is 0.857. The summed E-state index contributed by atoms with van der Waals surface area (Å²) in [5.41, 5.74) is -0.820. The summed E-state index contributed by atoms with van der Waals surface area (Å²) in [6, 6.07) is -0.242. The van der Waals surface area contributed by atoms with Crippen molar-refractivity contribution in [2.75, 3.05) is 13.2 Å². The average Bonchev–Trinajstić information content (AvgIpc) is 2.42. The van der Waals surface area contributed by atoms with E-state index in [1.807, 2.05) is 0 Å². The highest BCUT2D eigenvalue weighted by Gasteiger charge is 2.44. The maximum absolute atomic E-state index is 12.2. The van der Waals surface area contributed by atoms with Crippen molar-refractivity contribution in [2.24, 2.45) is 11.3 Å². The van der Waals surface area contributed by atoms with Crippen LogP contribution in [-0.4, -0.2) is 36.2 Å². The molecule has 0 aromatic heterocycles. The summed E-state index contributed by atoms with van der Waals surface area (Å²) in [7, 11) is 0. The SMILES string of the molecule is CC1(C(=O)O)CCCCC1NC(=O)C1CCOCC1. The van der Waals surface area contributed by atoms with E-state index in [0.717, 1.165) is 32.1 Å². The molecule has 2 rings (SSSR count). The third-order valence-electron chi connectivity index (χ3n) is 4.61. The molecule has 5 heteroatoms. The van der Waals surface area contributed by atoms with E-state index in [2.05, 4.69) is 5.32 Å². The monoisotopic (exact) mass is 269 g/mol. The first kappa shape index (κ1) is 14.3. The predicted molar refractivity (Wildman–Crippen MR) is 69.7 cm³/mol. The zero-order chi connectivity index (χ0) is 13.9. The molecule has 0 bridgehead atoms. The summed E-state index contributed by atoms with van der Waals surface area (Å²) in [6.07, 6.45) is 4.79. The van der Waals surface area contributed by atoms with Crippen LogP contribution in [0.2, 0.25) is 0 Å². The van der Waals surface area contributed by atoms with Gasteiger partial charge in [-0.25, -0.2) is 0 Å². The number of carbonyl (C=O) groups excluding carboxylic acids is 1. The summed E-state index contributed by atoms with van der Waals surface area (Å²) in [6.45, 7) is 3.00. The zero-order valence-electron chi connectivity index (χ0n) is 11.5. The van der Waals surface area contributed by atoms with Gasteiger partial charge in [0.1, 0.15) is 0 Å². The zero-order valence-corrected chi connectivity index (χ0v) is 11.5. The molecule has 1 amide bonds. The largest absolute Gasteiger partial charge is 0.481 e. The van der Waals surface area contributed by atoms with E-state index in [-0.39, 0.29) is 17.9 Å². The maximum Gasteiger partial charge on any atom is 0.311 e. The molecule has 5 nitrogen and oxygen atoms in total. The molecule has 1 aliphatic carbocycles. The van der Waals surface area contributed by atoms with Crippen molar-refractivity contribution in [3.05, 3.63) is 0 Å². The molecule has 2 N–H and O–H groups in total. The Bertz CT molecular complexity index is 351. The molecular weight excluding hydrogens is 246 g/mol. The third-order valence-corrected chi connectivity index (χ3v) is 4.61. The molecule has 0 spiro atoms. The van der Waals surface area contributed by atoms with Crippen molar-refractivity contribution in [1.82, 2.24) is 5.32 Å². The standard InChI is InChI=1S/C14H23NO4/c1-14(13(17)18)7-3-2-4-11(14)15-12(16)10-5-8-19-9-6-10/h10-11H,2-9H2,1H3,(H,15,16)(H,17,18). The van der Waals surface area contributed by atoms with Gasteiger partial charge in [-0.2, -0.15) is 0 Å². The molecule has 2 fully saturated rings. The highest BCUT2D eigenvalue weighted by atomic mass is 16.5. The Morgan fingerprint density at radius 1 is 1.21 bits per heavy atom. The lowest BCUT2D eigenvalue weighted by atomic mass is 9.71. The smallest absolute Gasteiger partial charge is 0.311 e. The van der Waals surface area contributed by atoms with Gasteiger partial charge in [-0.3, -0.25) is 9.59 Å². The van der Waals surface area contributed by atoms with E-state index >= 15 is 0 Å². The summed E-state index contributed by atoms with van der Waals surface area (Å²) in [4.78, 5) is 23.7. The van der Waals surface area contributed by atoms with Gasteiger partial charge >= 0.3 is 5.97 Å². The van der Waals surface area contributed by atoms with Crippen LogP contribution in [0.25, 0.3) is 0 Å². The Hall–Kier alpha value is -1.10. The number of amides is 1. The van der Waals surface area contributed by atoms with Gasteiger partial charge in [-0.1, -0.05) is 12.8 Å². The molecule has 108 valence electrons. The van der Waals surface area contributed by atoms with Crippen molar-refractivity contribution < 1.29 is 19.4 Å². The minimum Gasteiger partial charge on any atom is -0.481 e. The Kier molecular flexibility index (Phi) is 4.45. The van der Waals surface area contributed by atoms with Gasteiger partial charge < -0.3 is 15.2 Å². The average molecular weight is 269 g/mol. The fourth-order valence-corrected chi connectivity index (χ4v) is 3.07. The van der Waals surface area contributed by atoms with Gasteiger partial charge in [0.25, 0.3) is 0 Å². The lowest BCUT2D eigenvalue weighted by Gasteiger charge is -2.39. The lowest BCUT2D eigenvalue weighted by Crippen LogP contribution is -2.53. The van der Waals surface area contributed by atoms with Crippen LogP contribution >= 0.6 is 0 Å². The summed E-state index contributed by atoms with van der Waals surface area (Å²) >= 11 is 0. The number of nitrogens with one attached hydrogen (secondary N) is 1. The highest BCUT2D eigenvalue weighted by Crippen LogP contribution is 2.36. The minimum atomic E-state index is -0.820. The number of carbonyl (C=O) groups is 2. The Morgan fingerprint density at radius 2 is 1.89 bits per heavy atom. The third kappa shape index (κ3) is 3.08. The number of hydrogen-bond donors (Lipinski definition) is 2. The predicted octanol–water partition coefficient (Wildman–Crippen LogP) is 1.56. The second-order valence-corrected chi connectivity index (χ2v) is 5.92. The molecule has 1 aliphatic heterocycles. The second kappa shape index (κ2) is 5.90. The molecule has 2 atom stereocenters. The van der Waals surface area contributed by atoms with Crippen molar-refractivity contribution in [2.45, 2.75) is 51.5 Å². The summed E-state index contributed by atoms with van der Waals surface area (Å²) in [5, 5.41) is 12.4. The second-order valence-electron chi connectivity index (χ2n) is 5.92. The molecule has 2 aliphatic rings. The van der Waals surface area contributed by atoms with Crippen molar-refractivity contribution >= 4 is 11.9 Å². The van der Waals surface area contributed by atoms with E-state index in [1.54, 1.807) is 6.92 Å². The number of carboxylic acids is 1. The normalized spacial score (nSPS) is 32.8. The highest BCUT2D eigenvalue weighted by molar-refractivity contribution is 5.81. The van der Waals surface area contributed by atoms with Crippen molar-refractivity contribution in [1.29, 1.82) is 0 Å². The number of aliphatic carboxylic acids is 1. The van der Waals surface area contributed by atoms with Crippen LogP contribution in [0.3, 0.4) is 0 Å². The maximum atomic E-state index is 12.2. The summed E-state index contributed by atoms with van der Waals surface area (Å²) in [5.74, 6) is -0.819. The molecule has 2 unspecified atom stereocenters. The Balaban J connectivity index is 1.99. The molecule has 1 saturated heterocycles. The number of hydrogen-bond acceptors (Lipinski definition) is 3. The van der Waals surface area contributed by atoms with Gasteiger partial charge in [-0.15, -0.1) is 0 Å². The van der Waals surface area contributed by atoms with Crippen LogP contribution in [0.4, 0.5) is 0 Å². The van der Waals surface area contributed by atoms with Crippen LogP contribution < -0.4 is 5.32 Å². The van der Waals surface area contributed by atoms with Crippen LogP contribution in [0, 0.1) is 11.3 Å². The topological polar surface area (TPSA) is 75.6 Å². The van der Waals surface area contributed by atoms with E-state index in [9.17, 15) is 14.7 Å².